The second-order valence-electron chi connectivity index (χ2n) is 6.19. The van der Waals surface area contributed by atoms with E-state index in [4.69, 9.17) is 0 Å². The average Bonchev–Trinajstić information content (AvgIpc) is 3.18. The molecule has 3 aromatic rings. The maximum absolute atomic E-state index is 13.7. The van der Waals surface area contributed by atoms with Crippen molar-refractivity contribution in [1.29, 1.82) is 0 Å². The Labute approximate surface area is 169 Å². The van der Waals surface area contributed by atoms with Gasteiger partial charge in [-0.3, -0.25) is 19.0 Å². The molecule has 4 rings (SSSR count). The molecule has 0 spiro atoms. The zero-order chi connectivity index (χ0) is 21.6. The SMILES string of the molecule is O=C(Cn1c(O)c(C2=c3ccccc3=NC2=O)sc1=O)Nc1ccc(F)c(F)c1F. The minimum absolute atomic E-state index is 0.0241. The van der Waals surface area contributed by atoms with Crippen LogP contribution >= 0.6 is 11.3 Å². The first kappa shape index (κ1) is 19.6. The number of carbonyl (C=O) groups excluding carboxylic acids is 2. The van der Waals surface area contributed by atoms with Crippen molar-refractivity contribution < 1.29 is 27.9 Å². The van der Waals surface area contributed by atoms with Gasteiger partial charge in [-0.1, -0.05) is 29.5 Å². The third kappa shape index (κ3) is 3.18. The molecule has 2 amide bonds. The van der Waals surface area contributed by atoms with E-state index in [1.165, 1.54) is 0 Å². The number of hydrogen-bond donors (Lipinski definition) is 2. The average molecular weight is 433 g/mol. The van der Waals surface area contributed by atoms with Gasteiger partial charge in [0.05, 0.1) is 16.6 Å². The van der Waals surface area contributed by atoms with Gasteiger partial charge in [0, 0.05) is 5.22 Å². The second-order valence-corrected chi connectivity index (χ2v) is 7.15. The predicted octanol–water partition coefficient (Wildman–Crippen LogP) is 1.03. The molecule has 2 aromatic carbocycles. The molecule has 2 heterocycles. The molecule has 152 valence electrons. The molecule has 11 heteroatoms. The van der Waals surface area contributed by atoms with Crippen molar-refractivity contribution in [1.82, 2.24) is 4.57 Å². The molecule has 0 saturated carbocycles. The van der Waals surface area contributed by atoms with Crippen LogP contribution in [-0.2, 0) is 16.1 Å². The molecule has 0 radical (unpaired) electrons. The number of aromatic hydroxyl groups is 1. The lowest BCUT2D eigenvalue weighted by atomic mass is 10.1. The third-order valence-electron chi connectivity index (χ3n) is 4.32. The van der Waals surface area contributed by atoms with E-state index in [0.29, 0.717) is 32.5 Å². The lowest BCUT2D eigenvalue weighted by Gasteiger charge is -2.08. The molecular formula is C19H10F3N3O4S. The fraction of sp³-hybridized carbons (Fsp3) is 0.0526. The van der Waals surface area contributed by atoms with E-state index in [2.05, 4.69) is 4.99 Å². The van der Waals surface area contributed by atoms with Crippen LogP contribution in [0.15, 0.2) is 46.2 Å². The maximum Gasteiger partial charge on any atom is 0.311 e. The number of fused-ring (bicyclic) bond motifs is 1. The number of anilines is 1. The maximum atomic E-state index is 13.7. The van der Waals surface area contributed by atoms with Crippen LogP contribution in [0.2, 0.25) is 0 Å². The minimum atomic E-state index is -1.76. The highest BCUT2D eigenvalue weighted by molar-refractivity contribution is 7.11. The second kappa shape index (κ2) is 7.26. The van der Waals surface area contributed by atoms with Crippen LogP contribution in [0.4, 0.5) is 18.9 Å². The van der Waals surface area contributed by atoms with E-state index in [1.54, 1.807) is 24.3 Å². The van der Waals surface area contributed by atoms with Crippen LogP contribution in [0.25, 0.3) is 5.57 Å². The van der Waals surface area contributed by atoms with E-state index in [-0.39, 0.29) is 10.5 Å². The van der Waals surface area contributed by atoms with Gasteiger partial charge in [0.1, 0.15) is 11.4 Å². The molecule has 0 saturated heterocycles. The summed E-state index contributed by atoms with van der Waals surface area (Å²) in [5, 5.41) is 13.3. The molecule has 0 bridgehead atoms. The molecule has 1 aliphatic heterocycles. The first-order valence-electron chi connectivity index (χ1n) is 8.36. The number of carbonyl (C=O) groups is 2. The molecule has 1 aliphatic rings. The molecular weight excluding hydrogens is 423 g/mol. The van der Waals surface area contributed by atoms with Crippen LogP contribution in [0, 0.1) is 17.5 Å². The van der Waals surface area contributed by atoms with Crippen molar-refractivity contribution in [2.75, 3.05) is 5.32 Å². The molecule has 7 nitrogen and oxygen atoms in total. The normalized spacial score (nSPS) is 12.6. The van der Waals surface area contributed by atoms with Gasteiger partial charge in [0.25, 0.3) is 5.91 Å². The predicted molar refractivity (Wildman–Crippen MR) is 99.9 cm³/mol. The molecule has 0 unspecified atom stereocenters. The van der Waals surface area contributed by atoms with E-state index in [9.17, 15) is 32.7 Å². The number of halogens is 3. The van der Waals surface area contributed by atoms with Gasteiger partial charge in [-0.25, -0.2) is 18.2 Å². The molecule has 0 aliphatic carbocycles. The summed E-state index contributed by atoms with van der Waals surface area (Å²) < 4.78 is 40.7. The van der Waals surface area contributed by atoms with E-state index in [1.807, 2.05) is 5.32 Å². The van der Waals surface area contributed by atoms with Gasteiger partial charge in [0.2, 0.25) is 11.8 Å². The lowest BCUT2D eigenvalue weighted by molar-refractivity contribution is -0.117. The van der Waals surface area contributed by atoms with Crippen LogP contribution < -0.4 is 20.8 Å². The van der Waals surface area contributed by atoms with E-state index < -0.39 is 52.3 Å². The standard InChI is InChI=1S/C19H10F3N3O4S/c20-9-5-6-11(15(22)14(9)21)23-12(26)7-25-18(28)16(30-19(25)29)13-8-3-1-2-4-10(8)24-17(13)27/h1-6,28H,7H2,(H,23,26). The summed E-state index contributed by atoms with van der Waals surface area (Å²) in [5.41, 5.74) is -0.606. The molecule has 0 fully saturated rings. The Morgan fingerprint density at radius 3 is 2.60 bits per heavy atom. The Kier molecular flexibility index (Phi) is 4.74. The van der Waals surface area contributed by atoms with Crippen LogP contribution in [0.5, 0.6) is 5.88 Å². The molecule has 30 heavy (non-hydrogen) atoms. The summed E-state index contributed by atoms with van der Waals surface area (Å²) in [5.74, 6) is -7.05. The van der Waals surface area contributed by atoms with Crippen molar-refractivity contribution in [3.8, 4) is 5.88 Å². The van der Waals surface area contributed by atoms with Gasteiger partial charge >= 0.3 is 4.87 Å². The summed E-state index contributed by atoms with van der Waals surface area (Å²) in [6.45, 7) is -0.750. The zero-order valence-electron chi connectivity index (χ0n) is 14.8. The number of thiazole rings is 1. The van der Waals surface area contributed by atoms with Crippen molar-refractivity contribution in [2.24, 2.45) is 4.99 Å². The van der Waals surface area contributed by atoms with Crippen LogP contribution in [0.3, 0.4) is 0 Å². The number of aromatic nitrogens is 1. The van der Waals surface area contributed by atoms with Gasteiger partial charge < -0.3 is 10.4 Å². The Hall–Kier alpha value is -3.73. The van der Waals surface area contributed by atoms with Gasteiger partial charge in [0.15, 0.2) is 17.5 Å². The zero-order valence-corrected chi connectivity index (χ0v) is 15.6. The highest BCUT2D eigenvalue weighted by atomic mass is 32.1. The molecule has 1 aromatic heterocycles. The van der Waals surface area contributed by atoms with Crippen molar-refractivity contribution in [2.45, 2.75) is 6.54 Å². The third-order valence-corrected chi connectivity index (χ3v) is 5.30. The Morgan fingerprint density at radius 1 is 1.10 bits per heavy atom. The van der Waals surface area contributed by atoms with E-state index in [0.717, 1.165) is 6.07 Å². The van der Waals surface area contributed by atoms with Crippen molar-refractivity contribution in [3.63, 3.8) is 0 Å². The van der Waals surface area contributed by atoms with E-state index >= 15 is 0 Å². The number of nitrogens with one attached hydrogen (secondary N) is 1. The van der Waals surface area contributed by atoms with Gasteiger partial charge in [-0.05, 0) is 18.2 Å². The summed E-state index contributed by atoms with van der Waals surface area (Å²) in [6.07, 6.45) is 0. The summed E-state index contributed by atoms with van der Waals surface area (Å²) in [6, 6.07) is 7.98. The molecule has 0 atom stereocenters. The number of benzene rings is 2. The number of hydrogen-bond acceptors (Lipinski definition) is 5. The number of para-hydroxylation sites is 1. The van der Waals surface area contributed by atoms with Crippen LogP contribution in [-0.4, -0.2) is 21.5 Å². The minimum Gasteiger partial charge on any atom is -0.493 e. The highest BCUT2D eigenvalue weighted by Crippen LogP contribution is 2.28. The number of amides is 2. The number of rotatable bonds is 4. The highest BCUT2D eigenvalue weighted by Gasteiger charge is 2.27. The number of nitrogens with zero attached hydrogens (tertiary/aromatic N) is 2. The first-order chi connectivity index (χ1) is 14.3. The summed E-state index contributed by atoms with van der Waals surface area (Å²) in [7, 11) is 0. The van der Waals surface area contributed by atoms with Crippen LogP contribution in [0.1, 0.15) is 4.88 Å². The topological polar surface area (TPSA) is 101 Å². The first-order valence-corrected chi connectivity index (χ1v) is 9.18. The fourth-order valence-corrected chi connectivity index (χ4v) is 3.87. The quantitative estimate of drug-likeness (QED) is 0.601. The Bertz CT molecular complexity index is 1410. The summed E-state index contributed by atoms with van der Waals surface area (Å²) in [4.78, 5) is 39.8. The Balaban J connectivity index is 1.67. The largest absolute Gasteiger partial charge is 0.493 e. The van der Waals surface area contributed by atoms with Gasteiger partial charge in [-0.15, -0.1) is 0 Å². The smallest absolute Gasteiger partial charge is 0.311 e. The van der Waals surface area contributed by atoms with Crippen molar-refractivity contribution >= 4 is 34.4 Å². The lowest BCUT2D eigenvalue weighted by Crippen LogP contribution is -2.24. The summed E-state index contributed by atoms with van der Waals surface area (Å²) >= 11 is 0.537. The van der Waals surface area contributed by atoms with Crippen molar-refractivity contribution in [3.05, 3.63) is 79.0 Å². The fourth-order valence-electron chi connectivity index (χ4n) is 2.94. The Morgan fingerprint density at radius 2 is 1.83 bits per heavy atom. The van der Waals surface area contributed by atoms with Gasteiger partial charge in [-0.2, -0.15) is 0 Å². The molecule has 2 N–H and O–H groups in total. The monoisotopic (exact) mass is 433 g/mol.